The van der Waals surface area contributed by atoms with E-state index in [-0.39, 0.29) is 11.2 Å². The first-order valence-corrected chi connectivity index (χ1v) is 16.5. The van der Waals surface area contributed by atoms with E-state index >= 15 is 0 Å². The highest BCUT2D eigenvalue weighted by atomic mass is 19.1. The topological polar surface area (TPSA) is 55.9 Å². The first kappa shape index (κ1) is 28.0. The van der Waals surface area contributed by atoms with E-state index in [0.717, 1.165) is 56.5 Å². The van der Waals surface area contributed by atoms with Gasteiger partial charge in [0.1, 0.15) is 5.82 Å². The zero-order valence-electron chi connectivity index (χ0n) is 25.9. The van der Waals surface area contributed by atoms with Gasteiger partial charge in [-0.25, -0.2) is 24.2 Å². The number of rotatable bonds is 5. The normalized spacial score (nSPS) is 22.8. The van der Waals surface area contributed by atoms with Gasteiger partial charge in [0.05, 0.1) is 6.57 Å². The van der Waals surface area contributed by atoms with Crippen LogP contribution in [0.4, 0.5) is 10.1 Å². The fraction of sp³-hybridized carbons (Fsp3) is 0.244. The minimum atomic E-state index is -0.315. The van der Waals surface area contributed by atoms with Crippen molar-refractivity contribution in [2.75, 3.05) is 0 Å². The number of hydrogen-bond acceptors (Lipinski definition) is 4. The fourth-order valence-corrected chi connectivity index (χ4v) is 9.13. The molecule has 5 nitrogen and oxygen atoms in total. The van der Waals surface area contributed by atoms with Crippen molar-refractivity contribution < 1.29 is 4.39 Å². The van der Waals surface area contributed by atoms with Gasteiger partial charge in [0.15, 0.2) is 23.2 Å². The maximum atomic E-state index is 13.8. The van der Waals surface area contributed by atoms with Crippen LogP contribution < -0.4 is 0 Å². The SMILES string of the molecule is [C-]#[N+]c1cc(C23CC4CC(CC(C4)C2)C3)ccc1-c1ccc(-c2nc(-c3ccc(F)cc3)nc(-c3cccc4cnccc34)n2)cc1. The molecule has 10 rings (SSSR count). The summed E-state index contributed by atoms with van der Waals surface area (Å²) in [6, 6.07) is 28.9. The third-order valence-corrected chi connectivity index (χ3v) is 10.9. The molecule has 0 N–H and O–H groups in total. The number of halogens is 1. The third-order valence-electron chi connectivity index (χ3n) is 10.9. The van der Waals surface area contributed by atoms with Crippen molar-refractivity contribution in [3.8, 4) is 45.3 Å². The summed E-state index contributed by atoms with van der Waals surface area (Å²) in [5.74, 6) is 3.80. The highest BCUT2D eigenvalue weighted by Crippen LogP contribution is 2.61. The highest BCUT2D eigenvalue weighted by molar-refractivity contribution is 5.94. The average molecular weight is 614 g/mol. The molecular formula is C41H32FN5. The number of aromatic nitrogens is 4. The van der Waals surface area contributed by atoms with Crippen molar-refractivity contribution >= 4 is 16.5 Å². The Morgan fingerprint density at radius 1 is 0.660 bits per heavy atom. The summed E-state index contributed by atoms with van der Waals surface area (Å²) < 4.78 is 13.8. The van der Waals surface area contributed by atoms with E-state index in [0.29, 0.717) is 23.0 Å². The van der Waals surface area contributed by atoms with Gasteiger partial charge in [-0.15, -0.1) is 0 Å². The van der Waals surface area contributed by atoms with Gasteiger partial charge in [0.2, 0.25) is 0 Å². The molecule has 4 aliphatic rings. The molecule has 0 amide bonds. The second-order valence-electron chi connectivity index (χ2n) is 13.8. The summed E-state index contributed by atoms with van der Waals surface area (Å²) in [5.41, 5.74) is 6.70. The predicted molar refractivity (Wildman–Crippen MR) is 183 cm³/mol. The van der Waals surface area contributed by atoms with Crippen LogP contribution in [0.5, 0.6) is 0 Å². The lowest BCUT2D eigenvalue weighted by molar-refractivity contribution is -0.00515. The molecular weight excluding hydrogens is 581 g/mol. The van der Waals surface area contributed by atoms with Crippen molar-refractivity contribution in [2.24, 2.45) is 17.8 Å². The van der Waals surface area contributed by atoms with Gasteiger partial charge in [-0.05, 0) is 109 Å². The van der Waals surface area contributed by atoms with Crippen molar-refractivity contribution in [3.05, 3.63) is 126 Å². The maximum Gasteiger partial charge on any atom is 0.195 e. The lowest BCUT2D eigenvalue weighted by Gasteiger charge is -2.57. The Labute approximate surface area is 273 Å². The number of benzene rings is 4. The molecule has 4 bridgehead atoms. The molecule has 0 atom stereocenters. The van der Waals surface area contributed by atoms with Gasteiger partial charge in [0, 0.05) is 34.5 Å². The Morgan fingerprint density at radius 2 is 1.28 bits per heavy atom. The molecule has 0 spiro atoms. The van der Waals surface area contributed by atoms with Crippen LogP contribution in [0.25, 0.3) is 60.9 Å². The van der Waals surface area contributed by atoms with Crippen molar-refractivity contribution in [3.63, 3.8) is 0 Å². The molecule has 2 aromatic heterocycles. The van der Waals surface area contributed by atoms with Gasteiger partial charge in [-0.3, -0.25) is 4.98 Å². The number of hydrogen-bond donors (Lipinski definition) is 0. The van der Waals surface area contributed by atoms with Crippen molar-refractivity contribution in [2.45, 2.75) is 43.9 Å². The quantitative estimate of drug-likeness (QED) is 0.182. The van der Waals surface area contributed by atoms with Crippen LogP contribution in [0.1, 0.15) is 44.1 Å². The van der Waals surface area contributed by atoms with Crippen LogP contribution in [-0.2, 0) is 5.41 Å². The Kier molecular flexibility index (Phi) is 6.50. The van der Waals surface area contributed by atoms with Crippen LogP contribution in [0.3, 0.4) is 0 Å². The molecule has 4 aromatic carbocycles. The summed E-state index contributed by atoms with van der Waals surface area (Å²) >= 11 is 0. The van der Waals surface area contributed by atoms with Crippen molar-refractivity contribution in [1.29, 1.82) is 0 Å². The predicted octanol–water partition coefficient (Wildman–Crippen LogP) is 10.2. The monoisotopic (exact) mass is 613 g/mol. The minimum absolute atomic E-state index is 0.260. The van der Waals surface area contributed by atoms with Gasteiger partial charge in [0.25, 0.3) is 0 Å². The first-order valence-electron chi connectivity index (χ1n) is 16.5. The largest absolute Gasteiger partial charge is 0.264 e. The molecule has 2 heterocycles. The van der Waals surface area contributed by atoms with E-state index in [1.54, 1.807) is 18.3 Å². The van der Waals surface area contributed by atoms with E-state index in [1.165, 1.54) is 56.2 Å². The van der Waals surface area contributed by atoms with Crippen LogP contribution in [-0.4, -0.2) is 19.9 Å². The lowest BCUT2D eigenvalue weighted by Crippen LogP contribution is -2.48. The second kappa shape index (κ2) is 10.9. The third kappa shape index (κ3) is 4.89. The number of nitrogens with zero attached hydrogens (tertiary/aromatic N) is 5. The molecule has 6 heteroatoms. The Balaban J connectivity index is 1.09. The van der Waals surface area contributed by atoms with Gasteiger partial charge in [-0.2, -0.15) is 0 Å². The van der Waals surface area contributed by atoms with E-state index in [4.69, 9.17) is 21.5 Å². The molecule has 0 saturated heterocycles. The molecule has 228 valence electrons. The van der Waals surface area contributed by atoms with Crippen LogP contribution >= 0.6 is 0 Å². The number of fused-ring (bicyclic) bond motifs is 1. The molecule has 4 saturated carbocycles. The summed E-state index contributed by atoms with van der Waals surface area (Å²) in [7, 11) is 0. The summed E-state index contributed by atoms with van der Waals surface area (Å²) in [6.07, 6.45) is 11.7. The summed E-state index contributed by atoms with van der Waals surface area (Å²) in [4.78, 5) is 22.9. The molecule has 0 aliphatic heterocycles. The minimum Gasteiger partial charge on any atom is -0.264 e. The van der Waals surface area contributed by atoms with Gasteiger partial charge >= 0.3 is 0 Å². The molecule has 0 radical (unpaired) electrons. The van der Waals surface area contributed by atoms with Crippen molar-refractivity contribution in [1.82, 2.24) is 19.9 Å². The van der Waals surface area contributed by atoms with E-state index in [9.17, 15) is 4.39 Å². The molecule has 6 aromatic rings. The maximum absolute atomic E-state index is 13.8. The summed E-state index contributed by atoms with van der Waals surface area (Å²) in [6.45, 7) is 8.10. The standard InChI is InChI=1S/C41H32FN5/c1-43-37-20-32(41-21-25-17-26(22-41)19-27(18-25)23-41)11-14-35(37)28-5-7-29(8-6-28)38-45-39(30-9-12-33(42)13-10-30)47-40(46-38)36-4-2-3-31-24-44-16-15-34(31)36/h2-16,20,24-27H,17-19,21-23H2. The zero-order chi connectivity index (χ0) is 31.5. The first-order chi connectivity index (χ1) is 23.0. The summed E-state index contributed by atoms with van der Waals surface area (Å²) in [5, 5.41) is 1.98. The Morgan fingerprint density at radius 3 is 1.94 bits per heavy atom. The number of pyridine rings is 1. The average Bonchev–Trinajstić information content (AvgIpc) is 3.11. The van der Waals surface area contributed by atoms with E-state index in [2.05, 4.69) is 28.0 Å². The Hall–Kier alpha value is -5.28. The van der Waals surface area contributed by atoms with E-state index in [1.807, 2.05) is 54.7 Å². The smallest absolute Gasteiger partial charge is 0.195 e. The van der Waals surface area contributed by atoms with Crippen LogP contribution in [0.15, 0.2) is 103 Å². The van der Waals surface area contributed by atoms with Gasteiger partial charge < -0.3 is 0 Å². The van der Waals surface area contributed by atoms with E-state index < -0.39 is 0 Å². The molecule has 0 unspecified atom stereocenters. The zero-order valence-corrected chi connectivity index (χ0v) is 25.9. The Bertz CT molecular complexity index is 2160. The lowest BCUT2D eigenvalue weighted by atomic mass is 9.48. The molecule has 47 heavy (non-hydrogen) atoms. The molecule has 4 fully saturated rings. The second-order valence-corrected chi connectivity index (χ2v) is 13.8. The fourth-order valence-electron chi connectivity index (χ4n) is 9.13. The van der Waals surface area contributed by atoms with Crippen LogP contribution in [0, 0.1) is 30.1 Å². The highest BCUT2D eigenvalue weighted by Gasteiger charge is 2.51. The molecule has 4 aliphatic carbocycles. The van der Waals surface area contributed by atoms with Gasteiger partial charge in [-0.1, -0.05) is 66.2 Å². The van der Waals surface area contributed by atoms with Crippen LogP contribution in [0.2, 0.25) is 0 Å².